The summed E-state index contributed by atoms with van der Waals surface area (Å²) in [4.78, 5) is 4.40. The van der Waals surface area contributed by atoms with Gasteiger partial charge in [0.25, 0.3) is 0 Å². The van der Waals surface area contributed by atoms with Gasteiger partial charge in [0.1, 0.15) is 12.1 Å². The maximum absolute atomic E-state index is 6.25. The summed E-state index contributed by atoms with van der Waals surface area (Å²) in [5.74, 6) is 0.765. The van der Waals surface area contributed by atoms with Gasteiger partial charge >= 0.3 is 0 Å². The molecule has 0 saturated carbocycles. The van der Waals surface area contributed by atoms with E-state index >= 15 is 0 Å². The Balaban J connectivity index is 2.17. The first-order valence-electron chi connectivity index (χ1n) is 6.74. The van der Waals surface area contributed by atoms with Crippen LogP contribution in [0.1, 0.15) is 13.8 Å². The van der Waals surface area contributed by atoms with Crippen LogP contribution in [0.2, 0.25) is 5.02 Å². The van der Waals surface area contributed by atoms with Crippen LogP contribution >= 0.6 is 34.2 Å². The molecule has 0 spiro atoms. The zero-order valence-corrected chi connectivity index (χ0v) is 15.0. The van der Waals surface area contributed by atoms with Gasteiger partial charge in [-0.2, -0.15) is 0 Å². The largest absolute Gasteiger partial charge is 0.486 e. The fourth-order valence-electron chi connectivity index (χ4n) is 1.86. The second-order valence-corrected chi connectivity index (χ2v) is 6.71. The molecule has 0 aliphatic carbocycles. The number of hydrogen-bond acceptors (Lipinski definition) is 3. The summed E-state index contributed by atoms with van der Waals surface area (Å²) in [5.41, 5.74) is 1.79. The maximum Gasteiger partial charge on any atom is 0.159 e. The van der Waals surface area contributed by atoms with Crippen LogP contribution in [0.15, 0.2) is 36.5 Å². The first-order valence-corrected chi connectivity index (χ1v) is 8.20. The van der Waals surface area contributed by atoms with Crippen molar-refractivity contribution in [2.75, 3.05) is 13.2 Å². The van der Waals surface area contributed by atoms with Crippen LogP contribution in [0, 0.1) is 3.57 Å². The van der Waals surface area contributed by atoms with Crippen molar-refractivity contribution in [3.05, 3.63) is 45.1 Å². The highest BCUT2D eigenvalue weighted by Gasteiger charge is 2.12. The average molecular weight is 417 g/mol. The lowest BCUT2D eigenvalue weighted by molar-refractivity contribution is 0.348. The van der Waals surface area contributed by atoms with Crippen molar-refractivity contribution in [2.45, 2.75) is 19.9 Å². The molecule has 0 aliphatic rings. The number of benzene rings is 1. The van der Waals surface area contributed by atoms with Gasteiger partial charge in [0.05, 0.1) is 8.59 Å². The molecule has 0 saturated heterocycles. The fraction of sp³-hybridized carbons (Fsp3) is 0.312. The Morgan fingerprint density at radius 1 is 1.52 bits per heavy atom. The summed E-state index contributed by atoms with van der Waals surface area (Å²) in [7, 11) is 0. The molecule has 1 N–H and O–H groups in total. The molecule has 21 heavy (non-hydrogen) atoms. The summed E-state index contributed by atoms with van der Waals surface area (Å²) < 4.78 is 6.88. The van der Waals surface area contributed by atoms with E-state index in [1.165, 1.54) is 0 Å². The molecule has 0 fully saturated rings. The van der Waals surface area contributed by atoms with Crippen molar-refractivity contribution in [3.63, 3.8) is 0 Å². The van der Waals surface area contributed by atoms with Gasteiger partial charge in [0, 0.05) is 24.2 Å². The Hall–Kier alpha value is -0.850. The lowest BCUT2D eigenvalue weighted by Gasteiger charge is -2.14. The van der Waals surface area contributed by atoms with Crippen molar-refractivity contribution in [1.82, 2.24) is 10.3 Å². The van der Waals surface area contributed by atoms with E-state index in [9.17, 15) is 0 Å². The minimum atomic E-state index is 0.430. The number of halogens is 2. The number of fused-ring (bicyclic) bond motifs is 1. The Bertz CT molecular complexity index is 658. The summed E-state index contributed by atoms with van der Waals surface area (Å²) >= 11 is 8.47. The van der Waals surface area contributed by atoms with Crippen LogP contribution in [0.5, 0.6) is 5.75 Å². The van der Waals surface area contributed by atoms with Crippen LogP contribution in [-0.2, 0) is 0 Å². The lowest BCUT2D eigenvalue weighted by atomic mass is 10.2. The highest BCUT2D eigenvalue weighted by molar-refractivity contribution is 14.1. The highest BCUT2D eigenvalue weighted by atomic mass is 127. The monoisotopic (exact) mass is 416 g/mol. The third-order valence-corrected chi connectivity index (χ3v) is 4.05. The van der Waals surface area contributed by atoms with Gasteiger partial charge in [0.2, 0.25) is 0 Å². The predicted octanol–water partition coefficient (Wildman–Crippen LogP) is 4.43. The highest BCUT2D eigenvalue weighted by Crippen LogP contribution is 2.34. The van der Waals surface area contributed by atoms with Crippen molar-refractivity contribution in [1.29, 1.82) is 0 Å². The molecule has 3 nitrogen and oxygen atoms in total. The zero-order valence-electron chi connectivity index (χ0n) is 12.1. The second kappa shape index (κ2) is 7.42. The van der Waals surface area contributed by atoms with Crippen LogP contribution < -0.4 is 10.1 Å². The third kappa shape index (κ3) is 4.31. The second-order valence-electron chi connectivity index (χ2n) is 5.14. The van der Waals surface area contributed by atoms with Crippen LogP contribution in [-0.4, -0.2) is 24.2 Å². The molecule has 0 atom stereocenters. The number of rotatable bonds is 6. The first kappa shape index (κ1) is 16.5. The number of hydrogen-bond donors (Lipinski definition) is 1. The molecular formula is C16H18ClIN2O. The van der Waals surface area contributed by atoms with E-state index in [0.717, 1.165) is 32.3 Å². The smallest absolute Gasteiger partial charge is 0.159 e. The number of aromatic nitrogens is 1. The Kier molecular flexibility index (Phi) is 5.84. The molecule has 0 bridgehead atoms. The van der Waals surface area contributed by atoms with Gasteiger partial charge in [-0.1, -0.05) is 32.0 Å². The normalized spacial score (nSPS) is 11.1. The number of pyridine rings is 1. The molecule has 0 radical (unpaired) electrons. The molecule has 5 heteroatoms. The number of ether oxygens (including phenoxy) is 1. The molecule has 0 aliphatic heterocycles. The lowest BCUT2D eigenvalue weighted by Crippen LogP contribution is -2.26. The molecule has 2 aromatic rings. The molecule has 1 heterocycles. The van der Waals surface area contributed by atoms with Crippen LogP contribution in [0.3, 0.4) is 0 Å². The standard InChI is InChI=1S/C16H18ClIN2O/c1-10(2)20-8-11(3)9-21-16-14(18)7-13(17)12-5-4-6-19-15(12)16/h4-7,10,20H,3,8-9H2,1-2H3. The van der Waals surface area contributed by atoms with E-state index in [1.54, 1.807) is 6.20 Å². The first-order chi connectivity index (χ1) is 9.99. The molecule has 0 unspecified atom stereocenters. The van der Waals surface area contributed by atoms with Crippen LogP contribution in [0.4, 0.5) is 0 Å². The summed E-state index contributed by atoms with van der Waals surface area (Å²) in [6.45, 7) is 9.45. The van der Waals surface area contributed by atoms with E-state index in [1.807, 2.05) is 18.2 Å². The van der Waals surface area contributed by atoms with E-state index in [-0.39, 0.29) is 0 Å². The number of nitrogens with zero attached hydrogens (tertiary/aromatic N) is 1. The SMILES string of the molecule is C=C(CNC(C)C)COc1c(I)cc(Cl)c2cccnc12. The molecule has 1 aromatic carbocycles. The van der Waals surface area contributed by atoms with Crippen molar-refractivity contribution < 1.29 is 4.74 Å². The Morgan fingerprint density at radius 2 is 2.29 bits per heavy atom. The Labute approximate surface area is 143 Å². The summed E-state index contributed by atoms with van der Waals surface area (Å²) in [6.07, 6.45) is 1.75. The summed E-state index contributed by atoms with van der Waals surface area (Å²) in [6, 6.07) is 6.15. The quantitative estimate of drug-likeness (QED) is 0.559. The van der Waals surface area contributed by atoms with Gasteiger partial charge in [-0.3, -0.25) is 4.98 Å². The van der Waals surface area contributed by atoms with Gasteiger partial charge in [0.15, 0.2) is 5.75 Å². The van der Waals surface area contributed by atoms with Gasteiger partial charge < -0.3 is 10.1 Å². The predicted molar refractivity (Wildman–Crippen MR) is 97.2 cm³/mol. The molecule has 0 amide bonds. The van der Waals surface area contributed by atoms with Crippen molar-refractivity contribution >= 4 is 45.1 Å². The topological polar surface area (TPSA) is 34.1 Å². The summed E-state index contributed by atoms with van der Waals surface area (Å²) in [5, 5.41) is 4.92. The van der Waals surface area contributed by atoms with E-state index < -0.39 is 0 Å². The zero-order chi connectivity index (χ0) is 15.4. The van der Waals surface area contributed by atoms with Gasteiger partial charge in [-0.15, -0.1) is 0 Å². The Morgan fingerprint density at radius 3 is 3.00 bits per heavy atom. The molecule has 112 valence electrons. The average Bonchev–Trinajstić information content (AvgIpc) is 2.45. The number of nitrogens with one attached hydrogen (secondary N) is 1. The molecule has 1 aromatic heterocycles. The molecule has 2 rings (SSSR count). The van der Waals surface area contributed by atoms with E-state index in [0.29, 0.717) is 17.7 Å². The minimum Gasteiger partial charge on any atom is -0.486 e. The van der Waals surface area contributed by atoms with E-state index in [2.05, 4.69) is 53.3 Å². The minimum absolute atomic E-state index is 0.430. The van der Waals surface area contributed by atoms with Crippen LogP contribution in [0.25, 0.3) is 10.9 Å². The van der Waals surface area contributed by atoms with Gasteiger partial charge in [-0.25, -0.2) is 0 Å². The van der Waals surface area contributed by atoms with Gasteiger partial charge in [-0.05, 0) is 46.4 Å². The molecular weight excluding hydrogens is 399 g/mol. The maximum atomic E-state index is 6.25. The van der Waals surface area contributed by atoms with Crippen molar-refractivity contribution in [2.24, 2.45) is 0 Å². The van der Waals surface area contributed by atoms with E-state index in [4.69, 9.17) is 16.3 Å². The fourth-order valence-corrected chi connectivity index (χ4v) is 3.03. The third-order valence-electron chi connectivity index (χ3n) is 2.93. The van der Waals surface area contributed by atoms with Crippen molar-refractivity contribution in [3.8, 4) is 5.75 Å².